The zero-order valence-electron chi connectivity index (χ0n) is 13.4. The summed E-state index contributed by atoms with van der Waals surface area (Å²) >= 11 is 0. The first kappa shape index (κ1) is 15.9. The first-order chi connectivity index (χ1) is 11.8. The number of rotatable bonds is 7. The van der Waals surface area contributed by atoms with Crippen molar-refractivity contribution in [3.05, 3.63) is 54.1 Å². The van der Waals surface area contributed by atoms with Crippen molar-refractivity contribution in [2.75, 3.05) is 30.9 Å². The fourth-order valence-corrected chi connectivity index (χ4v) is 2.29. The molecule has 7 nitrogen and oxygen atoms in total. The van der Waals surface area contributed by atoms with E-state index in [0.29, 0.717) is 17.8 Å². The number of carbonyl (C=O) groups excluding carboxylic acids is 1. The van der Waals surface area contributed by atoms with E-state index in [1.54, 1.807) is 23.8 Å². The molecule has 24 heavy (non-hydrogen) atoms. The molecular formula is C17H19N5O2. The number of amides is 1. The number of nitrogens with one attached hydrogen (secondary N) is 2. The lowest BCUT2D eigenvalue weighted by Crippen LogP contribution is -2.13. The summed E-state index contributed by atoms with van der Waals surface area (Å²) in [7, 11) is 1.68. The monoisotopic (exact) mass is 325 g/mol. The molecule has 0 unspecified atom stereocenters. The highest BCUT2D eigenvalue weighted by atomic mass is 16.5. The van der Waals surface area contributed by atoms with Crippen molar-refractivity contribution in [3.63, 3.8) is 0 Å². The summed E-state index contributed by atoms with van der Waals surface area (Å²) < 4.78 is 6.71. The van der Waals surface area contributed by atoms with Gasteiger partial charge in [-0.2, -0.15) is 9.50 Å². The van der Waals surface area contributed by atoms with Crippen LogP contribution < -0.4 is 10.6 Å². The fraction of sp³-hybridized carbons (Fsp3) is 0.235. The van der Waals surface area contributed by atoms with Crippen molar-refractivity contribution >= 4 is 23.3 Å². The van der Waals surface area contributed by atoms with Crippen molar-refractivity contribution < 1.29 is 9.53 Å². The van der Waals surface area contributed by atoms with Crippen LogP contribution in [-0.4, -0.2) is 40.8 Å². The molecule has 0 aliphatic carbocycles. The van der Waals surface area contributed by atoms with E-state index in [9.17, 15) is 4.79 Å². The smallest absolute Gasteiger partial charge is 0.258 e. The molecule has 0 bridgehead atoms. The Morgan fingerprint density at radius 1 is 1.17 bits per heavy atom. The lowest BCUT2D eigenvalue weighted by molar-refractivity contribution is 0.102. The zero-order valence-corrected chi connectivity index (χ0v) is 13.4. The molecule has 1 amide bonds. The first-order valence-electron chi connectivity index (χ1n) is 7.73. The lowest BCUT2D eigenvalue weighted by Gasteiger charge is -2.06. The van der Waals surface area contributed by atoms with Crippen LogP contribution in [0.3, 0.4) is 0 Å². The van der Waals surface area contributed by atoms with Gasteiger partial charge in [-0.3, -0.25) is 10.1 Å². The molecule has 7 heteroatoms. The Morgan fingerprint density at radius 2 is 2.00 bits per heavy atom. The normalized spacial score (nSPS) is 10.7. The Bertz CT molecular complexity index is 816. The van der Waals surface area contributed by atoms with Gasteiger partial charge < -0.3 is 10.1 Å². The highest BCUT2D eigenvalue weighted by Gasteiger charge is 2.11. The van der Waals surface area contributed by atoms with Crippen LogP contribution >= 0.6 is 0 Å². The summed E-state index contributed by atoms with van der Waals surface area (Å²) in [6.07, 6.45) is 0.888. The van der Waals surface area contributed by atoms with Gasteiger partial charge in [0.15, 0.2) is 5.65 Å². The molecule has 3 aromatic rings. The minimum atomic E-state index is -0.235. The van der Waals surface area contributed by atoms with Crippen LogP contribution in [0.2, 0.25) is 0 Å². The van der Waals surface area contributed by atoms with Gasteiger partial charge in [-0.15, -0.1) is 5.10 Å². The van der Waals surface area contributed by atoms with Gasteiger partial charge in [0.1, 0.15) is 5.82 Å². The molecule has 124 valence electrons. The SMILES string of the molecule is COCCCNc1cccc2nc(NC(=O)c3ccccc3)nn12. The quantitative estimate of drug-likeness (QED) is 0.652. The predicted molar refractivity (Wildman–Crippen MR) is 92.4 cm³/mol. The molecule has 3 rings (SSSR count). The Hall–Kier alpha value is -2.93. The van der Waals surface area contributed by atoms with E-state index in [1.807, 2.05) is 36.4 Å². The van der Waals surface area contributed by atoms with E-state index in [-0.39, 0.29) is 11.9 Å². The summed E-state index contributed by atoms with van der Waals surface area (Å²) in [5.74, 6) is 0.854. The third-order valence-electron chi connectivity index (χ3n) is 3.45. The van der Waals surface area contributed by atoms with Crippen molar-refractivity contribution in [3.8, 4) is 0 Å². The second-order valence-electron chi connectivity index (χ2n) is 5.21. The molecule has 0 radical (unpaired) electrons. The molecule has 0 aliphatic heterocycles. The molecule has 0 saturated carbocycles. The zero-order chi connectivity index (χ0) is 16.8. The highest BCUT2D eigenvalue weighted by Crippen LogP contribution is 2.13. The largest absolute Gasteiger partial charge is 0.385 e. The standard InChI is InChI=1S/C17H19N5O2/c1-24-12-6-11-18-14-9-5-10-15-19-17(21-22(14)15)20-16(23)13-7-3-2-4-8-13/h2-5,7-10,18H,6,11-12H2,1H3,(H,20,21,23). The summed E-state index contributed by atoms with van der Waals surface area (Å²) in [5.41, 5.74) is 1.23. The van der Waals surface area contributed by atoms with Crippen molar-refractivity contribution in [1.82, 2.24) is 14.6 Å². The molecule has 0 saturated heterocycles. The third-order valence-corrected chi connectivity index (χ3v) is 3.45. The topological polar surface area (TPSA) is 80.5 Å². The highest BCUT2D eigenvalue weighted by molar-refractivity contribution is 6.03. The van der Waals surface area contributed by atoms with Crippen LogP contribution in [-0.2, 0) is 4.74 Å². The van der Waals surface area contributed by atoms with Gasteiger partial charge in [-0.05, 0) is 30.7 Å². The van der Waals surface area contributed by atoms with Crippen LogP contribution in [0.15, 0.2) is 48.5 Å². The molecule has 2 heterocycles. The van der Waals surface area contributed by atoms with Gasteiger partial charge in [0.25, 0.3) is 5.91 Å². The maximum absolute atomic E-state index is 12.2. The van der Waals surface area contributed by atoms with Crippen LogP contribution in [0.25, 0.3) is 5.65 Å². The maximum atomic E-state index is 12.2. The number of benzene rings is 1. The summed E-state index contributed by atoms with van der Waals surface area (Å²) in [5, 5.41) is 10.4. The molecule has 1 aromatic carbocycles. The molecule has 0 spiro atoms. The Labute approximate surface area is 139 Å². The lowest BCUT2D eigenvalue weighted by atomic mass is 10.2. The van der Waals surface area contributed by atoms with Crippen LogP contribution in [0.4, 0.5) is 11.8 Å². The molecule has 0 aliphatic rings. The van der Waals surface area contributed by atoms with E-state index in [1.165, 1.54) is 0 Å². The Morgan fingerprint density at radius 3 is 2.79 bits per heavy atom. The number of ether oxygens (including phenoxy) is 1. The Kier molecular flexibility index (Phi) is 5.02. The summed E-state index contributed by atoms with van der Waals surface area (Å²) in [6, 6.07) is 14.6. The number of anilines is 2. The van der Waals surface area contributed by atoms with Crippen LogP contribution in [0.1, 0.15) is 16.8 Å². The number of pyridine rings is 1. The molecule has 2 N–H and O–H groups in total. The van der Waals surface area contributed by atoms with E-state index in [0.717, 1.165) is 18.8 Å². The molecular weight excluding hydrogens is 306 g/mol. The minimum Gasteiger partial charge on any atom is -0.385 e. The Balaban J connectivity index is 1.75. The number of hydrogen-bond acceptors (Lipinski definition) is 5. The number of carbonyl (C=O) groups is 1. The third kappa shape index (κ3) is 3.69. The average molecular weight is 325 g/mol. The van der Waals surface area contributed by atoms with Crippen LogP contribution in [0.5, 0.6) is 0 Å². The number of hydrogen-bond donors (Lipinski definition) is 2. The number of fused-ring (bicyclic) bond motifs is 1. The van der Waals surface area contributed by atoms with Gasteiger partial charge >= 0.3 is 0 Å². The van der Waals surface area contributed by atoms with Gasteiger partial charge in [-0.25, -0.2) is 0 Å². The summed E-state index contributed by atoms with van der Waals surface area (Å²) in [6.45, 7) is 1.46. The second kappa shape index (κ2) is 7.56. The predicted octanol–water partition coefficient (Wildman–Crippen LogP) is 2.43. The first-order valence-corrected chi connectivity index (χ1v) is 7.73. The van der Waals surface area contributed by atoms with Crippen molar-refractivity contribution in [1.29, 1.82) is 0 Å². The van der Waals surface area contributed by atoms with Crippen LogP contribution in [0, 0.1) is 0 Å². The number of aromatic nitrogens is 3. The van der Waals surface area contributed by atoms with Gasteiger partial charge in [-0.1, -0.05) is 24.3 Å². The number of methoxy groups -OCH3 is 1. The molecule has 2 aromatic heterocycles. The maximum Gasteiger partial charge on any atom is 0.258 e. The van der Waals surface area contributed by atoms with Crippen molar-refractivity contribution in [2.45, 2.75) is 6.42 Å². The van der Waals surface area contributed by atoms with Gasteiger partial charge in [0, 0.05) is 25.8 Å². The molecule has 0 fully saturated rings. The fourth-order valence-electron chi connectivity index (χ4n) is 2.29. The van der Waals surface area contributed by atoms with E-state index >= 15 is 0 Å². The molecule has 0 atom stereocenters. The summed E-state index contributed by atoms with van der Waals surface area (Å²) in [4.78, 5) is 16.5. The van der Waals surface area contributed by atoms with Gasteiger partial charge in [0.05, 0.1) is 0 Å². The minimum absolute atomic E-state index is 0.235. The second-order valence-corrected chi connectivity index (χ2v) is 5.21. The van der Waals surface area contributed by atoms with Crippen molar-refractivity contribution in [2.24, 2.45) is 0 Å². The number of nitrogens with zero attached hydrogens (tertiary/aromatic N) is 3. The van der Waals surface area contributed by atoms with E-state index in [4.69, 9.17) is 4.74 Å². The van der Waals surface area contributed by atoms with E-state index in [2.05, 4.69) is 20.7 Å². The van der Waals surface area contributed by atoms with E-state index < -0.39 is 0 Å². The average Bonchev–Trinajstić information content (AvgIpc) is 3.02. The van der Waals surface area contributed by atoms with Gasteiger partial charge in [0.2, 0.25) is 5.95 Å².